The zero-order valence-electron chi connectivity index (χ0n) is 12.4. The summed E-state index contributed by atoms with van der Waals surface area (Å²) in [5.41, 5.74) is 4.35. The predicted molar refractivity (Wildman–Crippen MR) is 93.4 cm³/mol. The Bertz CT molecular complexity index is 640. The molecule has 0 saturated heterocycles. The minimum atomic E-state index is -0.0611. The molecule has 4 heteroatoms. The average Bonchev–Trinajstić information content (AvgIpc) is 2.31. The van der Waals surface area contributed by atoms with Gasteiger partial charge in [-0.05, 0) is 47.6 Å². The van der Waals surface area contributed by atoms with Crippen molar-refractivity contribution in [1.29, 1.82) is 0 Å². The molecule has 0 fully saturated rings. The minimum absolute atomic E-state index is 0.0611. The van der Waals surface area contributed by atoms with Gasteiger partial charge in [-0.15, -0.1) is 0 Å². The summed E-state index contributed by atoms with van der Waals surface area (Å²) in [6.07, 6.45) is 0. The fourth-order valence-corrected chi connectivity index (χ4v) is 3.42. The Morgan fingerprint density at radius 2 is 1.60 bits per heavy atom. The lowest BCUT2D eigenvalue weighted by atomic mass is 9.91. The molecule has 1 aromatic heterocycles. The van der Waals surface area contributed by atoms with Gasteiger partial charge in [0.1, 0.15) is 5.15 Å². The molecule has 0 amide bonds. The van der Waals surface area contributed by atoms with Gasteiger partial charge in [0.25, 0.3) is 0 Å². The summed E-state index contributed by atoms with van der Waals surface area (Å²) >= 11 is 8.55. The molecule has 0 aliphatic heterocycles. The van der Waals surface area contributed by atoms with Crippen LogP contribution in [-0.4, -0.2) is 9.97 Å². The molecule has 0 radical (unpaired) electrons. The number of nitrogens with zero attached hydrogens (tertiary/aromatic N) is 2. The van der Waals surface area contributed by atoms with Crippen molar-refractivity contribution in [3.63, 3.8) is 0 Å². The zero-order valence-corrected chi connectivity index (χ0v) is 15.3. The maximum absolute atomic E-state index is 6.32. The summed E-state index contributed by atoms with van der Waals surface area (Å²) in [5, 5.41) is 0.531. The highest BCUT2D eigenvalue weighted by molar-refractivity contribution is 14.1. The van der Waals surface area contributed by atoms with Crippen LogP contribution >= 0.6 is 34.2 Å². The first kappa shape index (κ1) is 15.7. The van der Waals surface area contributed by atoms with Crippen LogP contribution in [0.25, 0.3) is 11.4 Å². The number of benzene rings is 1. The van der Waals surface area contributed by atoms with Crippen LogP contribution in [-0.2, 0) is 5.41 Å². The van der Waals surface area contributed by atoms with Gasteiger partial charge in [0.05, 0.1) is 9.26 Å². The van der Waals surface area contributed by atoms with Crippen LogP contribution in [0.2, 0.25) is 5.15 Å². The summed E-state index contributed by atoms with van der Waals surface area (Å²) in [6, 6.07) is 6.20. The molecular formula is C16H18ClIN2. The van der Waals surface area contributed by atoms with Gasteiger partial charge < -0.3 is 0 Å². The van der Waals surface area contributed by atoms with Gasteiger partial charge >= 0.3 is 0 Å². The van der Waals surface area contributed by atoms with Gasteiger partial charge in [-0.25, -0.2) is 9.97 Å². The normalized spacial score (nSPS) is 11.8. The largest absolute Gasteiger partial charge is 0.231 e. The monoisotopic (exact) mass is 400 g/mol. The van der Waals surface area contributed by atoms with Crippen molar-refractivity contribution in [3.05, 3.63) is 43.7 Å². The molecule has 1 aromatic carbocycles. The molecule has 0 bridgehead atoms. The van der Waals surface area contributed by atoms with Crippen LogP contribution in [0.4, 0.5) is 0 Å². The highest BCUT2D eigenvalue weighted by Crippen LogP contribution is 2.33. The smallest absolute Gasteiger partial charge is 0.161 e. The second kappa shape index (κ2) is 5.60. The van der Waals surface area contributed by atoms with Crippen molar-refractivity contribution >= 4 is 34.2 Å². The van der Waals surface area contributed by atoms with E-state index in [2.05, 4.69) is 74.3 Å². The lowest BCUT2D eigenvalue weighted by Gasteiger charge is -2.21. The molecule has 1 heterocycles. The summed E-state index contributed by atoms with van der Waals surface area (Å²) in [5.74, 6) is 0.718. The molecule has 0 atom stereocenters. The van der Waals surface area contributed by atoms with Crippen molar-refractivity contribution < 1.29 is 0 Å². The number of aromatic nitrogens is 2. The summed E-state index contributed by atoms with van der Waals surface area (Å²) in [4.78, 5) is 9.28. The molecule has 20 heavy (non-hydrogen) atoms. The van der Waals surface area contributed by atoms with E-state index in [1.807, 2.05) is 6.07 Å². The first-order valence-electron chi connectivity index (χ1n) is 6.52. The van der Waals surface area contributed by atoms with Gasteiger partial charge in [-0.1, -0.05) is 50.6 Å². The van der Waals surface area contributed by atoms with Crippen molar-refractivity contribution in [2.45, 2.75) is 40.0 Å². The molecule has 0 N–H and O–H groups in total. The van der Waals surface area contributed by atoms with Gasteiger partial charge in [0, 0.05) is 11.0 Å². The standard InChI is InChI=1S/C16H18ClIN2/c1-9-7-6-8-10(2)11(9)15-19-13(16(3,4)5)12(18)14(17)20-15/h6-8H,1-5H3. The van der Waals surface area contributed by atoms with Gasteiger partial charge in [-0.2, -0.15) is 0 Å². The van der Waals surface area contributed by atoms with Gasteiger partial charge in [0.2, 0.25) is 0 Å². The SMILES string of the molecule is Cc1cccc(C)c1-c1nc(Cl)c(I)c(C(C)(C)C)n1. The molecule has 2 rings (SSSR count). The van der Waals surface area contributed by atoms with Crippen LogP contribution in [0, 0.1) is 17.4 Å². The number of halogens is 2. The Balaban J connectivity index is 2.74. The Morgan fingerprint density at radius 1 is 1.05 bits per heavy atom. The van der Waals surface area contributed by atoms with Crippen LogP contribution < -0.4 is 0 Å². The molecule has 0 aliphatic rings. The van der Waals surface area contributed by atoms with E-state index in [9.17, 15) is 0 Å². The Kier molecular flexibility index (Phi) is 4.40. The molecule has 0 aliphatic carbocycles. The van der Waals surface area contributed by atoms with E-state index < -0.39 is 0 Å². The maximum Gasteiger partial charge on any atom is 0.161 e. The number of hydrogen-bond donors (Lipinski definition) is 0. The lowest BCUT2D eigenvalue weighted by Crippen LogP contribution is -2.17. The van der Waals surface area contributed by atoms with Crippen LogP contribution in [0.1, 0.15) is 37.6 Å². The van der Waals surface area contributed by atoms with E-state index in [0.717, 1.165) is 20.7 Å². The van der Waals surface area contributed by atoms with E-state index in [1.54, 1.807) is 0 Å². The summed E-state index contributed by atoms with van der Waals surface area (Å²) in [7, 11) is 0. The van der Waals surface area contributed by atoms with Crippen LogP contribution in [0.5, 0.6) is 0 Å². The third kappa shape index (κ3) is 2.98. The third-order valence-electron chi connectivity index (χ3n) is 3.23. The maximum atomic E-state index is 6.32. The van der Waals surface area contributed by atoms with Crippen molar-refractivity contribution in [2.75, 3.05) is 0 Å². The fourth-order valence-electron chi connectivity index (χ4n) is 2.20. The van der Waals surface area contributed by atoms with Crippen molar-refractivity contribution in [1.82, 2.24) is 9.97 Å². The highest BCUT2D eigenvalue weighted by Gasteiger charge is 2.23. The van der Waals surface area contributed by atoms with E-state index in [4.69, 9.17) is 16.6 Å². The molecular weight excluding hydrogens is 383 g/mol. The predicted octanol–water partition coefficient (Wildman–Crippen LogP) is 5.32. The quantitative estimate of drug-likeness (QED) is 0.478. The zero-order chi connectivity index (χ0) is 15.1. The lowest BCUT2D eigenvalue weighted by molar-refractivity contribution is 0.563. The number of hydrogen-bond acceptors (Lipinski definition) is 2. The molecule has 0 saturated carbocycles. The Hall–Kier alpha value is -0.680. The number of aryl methyl sites for hydroxylation is 2. The van der Waals surface area contributed by atoms with E-state index in [1.165, 1.54) is 11.1 Å². The number of rotatable bonds is 1. The van der Waals surface area contributed by atoms with Crippen molar-refractivity contribution in [2.24, 2.45) is 0 Å². The second-order valence-electron chi connectivity index (χ2n) is 6.02. The minimum Gasteiger partial charge on any atom is -0.231 e. The van der Waals surface area contributed by atoms with E-state index >= 15 is 0 Å². The first-order valence-corrected chi connectivity index (χ1v) is 7.97. The topological polar surface area (TPSA) is 25.8 Å². The average molecular weight is 401 g/mol. The van der Waals surface area contributed by atoms with Crippen LogP contribution in [0.3, 0.4) is 0 Å². The molecule has 0 spiro atoms. The Labute approximate surface area is 139 Å². The molecule has 2 nitrogen and oxygen atoms in total. The summed E-state index contributed by atoms with van der Waals surface area (Å²) in [6.45, 7) is 10.6. The summed E-state index contributed by atoms with van der Waals surface area (Å²) < 4.78 is 0.937. The fraction of sp³-hybridized carbons (Fsp3) is 0.375. The van der Waals surface area contributed by atoms with Gasteiger partial charge in [-0.3, -0.25) is 0 Å². The molecule has 2 aromatic rings. The van der Waals surface area contributed by atoms with Crippen LogP contribution in [0.15, 0.2) is 18.2 Å². The third-order valence-corrected chi connectivity index (χ3v) is 4.84. The van der Waals surface area contributed by atoms with Crippen molar-refractivity contribution in [3.8, 4) is 11.4 Å². The molecule has 0 unspecified atom stereocenters. The second-order valence-corrected chi connectivity index (χ2v) is 7.45. The molecule has 106 valence electrons. The van der Waals surface area contributed by atoms with E-state index in [-0.39, 0.29) is 5.41 Å². The first-order chi connectivity index (χ1) is 9.21. The Morgan fingerprint density at radius 3 is 2.10 bits per heavy atom. The van der Waals surface area contributed by atoms with Gasteiger partial charge in [0.15, 0.2) is 5.82 Å². The van der Waals surface area contributed by atoms with E-state index in [0.29, 0.717) is 5.15 Å². The highest BCUT2D eigenvalue weighted by atomic mass is 127.